The van der Waals surface area contributed by atoms with Gasteiger partial charge >= 0.3 is 0 Å². The van der Waals surface area contributed by atoms with E-state index >= 15 is 0 Å². The van der Waals surface area contributed by atoms with Crippen LogP contribution in [-0.4, -0.2) is 27.8 Å². The first-order valence-corrected chi connectivity index (χ1v) is 9.19. The van der Waals surface area contributed by atoms with E-state index in [1.165, 1.54) is 6.92 Å². The zero-order valence-corrected chi connectivity index (χ0v) is 15.7. The van der Waals surface area contributed by atoms with Crippen molar-refractivity contribution in [2.75, 3.05) is 16.4 Å². The van der Waals surface area contributed by atoms with Crippen LogP contribution in [-0.2, 0) is 9.59 Å². The summed E-state index contributed by atoms with van der Waals surface area (Å²) in [4.78, 5) is 23.2. The quantitative estimate of drug-likeness (QED) is 0.631. The van der Waals surface area contributed by atoms with Crippen molar-refractivity contribution in [2.24, 2.45) is 0 Å². The second kappa shape index (κ2) is 8.50. The number of thioether (sulfide) groups is 1. The van der Waals surface area contributed by atoms with Crippen molar-refractivity contribution in [1.82, 2.24) is 10.2 Å². The summed E-state index contributed by atoms with van der Waals surface area (Å²) < 4.78 is 5.60. The second-order valence-electron chi connectivity index (χ2n) is 5.84. The van der Waals surface area contributed by atoms with E-state index < -0.39 is 0 Å². The first kappa shape index (κ1) is 18.7. The molecule has 0 unspecified atom stereocenters. The summed E-state index contributed by atoms with van der Waals surface area (Å²) in [6, 6.07) is 14.7. The Kier molecular flexibility index (Phi) is 5.87. The highest BCUT2D eigenvalue weighted by Crippen LogP contribution is 2.24. The standard InChI is InChI=1S/C19H18N4O3S/c1-12-5-3-6-14(9-12)18-22-23-19(26-18)27-11-17(25)21-16-8-4-7-15(10-16)20-13(2)24/h3-10H,11H2,1-2H3,(H,20,24)(H,21,25). The van der Waals surface area contributed by atoms with Crippen LogP contribution in [0.3, 0.4) is 0 Å². The van der Waals surface area contributed by atoms with E-state index in [0.29, 0.717) is 22.5 Å². The van der Waals surface area contributed by atoms with Crippen LogP contribution in [0.4, 0.5) is 11.4 Å². The number of carbonyl (C=O) groups excluding carboxylic acids is 2. The van der Waals surface area contributed by atoms with Crippen LogP contribution in [0.25, 0.3) is 11.5 Å². The topological polar surface area (TPSA) is 97.1 Å². The molecule has 2 amide bonds. The summed E-state index contributed by atoms with van der Waals surface area (Å²) in [6.07, 6.45) is 0. The predicted octanol–water partition coefficient (Wildman–Crippen LogP) is 3.73. The Labute approximate surface area is 160 Å². The minimum absolute atomic E-state index is 0.125. The van der Waals surface area contributed by atoms with E-state index in [9.17, 15) is 9.59 Å². The summed E-state index contributed by atoms with van der Waals surface area (Å²) in [6.45, 7) is 3.41. The van der Waals surface area contributed by atoms with Crippen LogP contribution >= 0.6 is 11.8 Å². The zero-order chi connectivity index (χ0) is 19.2. The summed E-state index contributed by atoms with van der Waals surface area (Å²) in [5.41, 5.74) is 3.15. The highest BCUT2D eigenvalue weighted by Gasteiger charge is 2.11. The number of aryl methyl sites for hydroxylation is 1. The minimum Gasteiger partial charge on any atom is -0.411 e. The number of carbonyl (C=O) groups is 2. The molecular formula is C19H18N4O3S. The highest BCUT2D eigenvalue weighted by molar-refractivity contribution is 7.99. The molecule has 0 saturated heterocycles. The van der Waals surface area contributed by atoms with Gasteiger partial charge in [0.15, 0.2) is 0 Å². The maximum atomic E-state index is 12.1. The number of anilines is 2. The van der Waals surface area contributed by atoms with Crippen molar-refractivity contribution in [3.05, 3.63) is 54.1 Å². The van der Waals surface area contributed by atoms with Crippen LogP contribution in [0.1, 0.15) is 12.5 Å². The van der Waals surface area contributed by atoms with Gasteiger partial charge in [-0.1, -0.05) is 35.5 Å². The van der Waals surface area contributed by atoms with Gasteiger partial charge in [-0.15, -0.1) is 10.2 Å². The molecule has 0 saturated carbocycles. The molecule has 8 heteroatoms. The van der Waals surface area contributed by atoms with Gasteiger partial charge in [0.2, 0.25) is 17.7 Å². The van der Waals surface area contributed by atoms with E-state index in [1.807, 2.05) is 31.2 Å². The molecule has 0 aliphatic heterocycles. The molecule has 0 fully saturated rings. The number of rotatable bonds is 6. The molecule has 27 heavy (non-hydrogen) atoms. The van der Waals surface area contributed by atoms with Gasteiger partial charge in [0.05, 0.1) is 5.75 Å². The fraction of sp³-hybridized carbons (Fsp3) is 0.158. The van der Waals surface area contributed by atoms with Gasteiger partial charge in [-0.25, -0.2) is 0 Å². The fourth-order valence-corrected chi connectivity index (χ4v) is 2.93. The van der Waals surface area contributed by atoms with Crippen LogP contribution in [0.2, 0.25) is 0 Å². The molecule has 3 aromatic rings. The van der Waals surface area contributed by atoms with Crippen molar-refractivity contribution in [3.63, 3.8) is 0 Å². The minimum atomic E-state index is -0.213. The van der Waals surface area contributed by atoms with Gasteiger partial charge in [-0.2, -0.15) is 0 Å². The third-order valence-corrected chi connectivity index (χ3v) is 4.28. The molecule has 0 radical (unpaired) electrons. The summed E-state index contributed by atoms with van der Waals surface area (Å²) >= 11 is 1.16. The van der Waals surface area contributed by atoms with E-state index in [1.54, 1.807) is 24.3 Å². The normalized spacial score (nSPS) is 10.4. The molecule has 138 valence electrons. The largest absolute Gasteiger partial charge is 0.411 e. The maximum Gasteiger partial charge on any atom is 0.277 e. The van der Waals surface area contributed by atoms with E-state index in [2.05, 4.69) is 20.8 Å². The van der Waals surface area contributed by atoms with Crippen molar-refractivity contribution in [1.29, 1.82) is 0 Å². The first-order chi connectivity index (χ1) is 13.0. The number of amides is 2. The number of nitrogens with one attached hydrogen (secondary N) is 2. The van der Waals surface area contributed by atoms with Crippen molar-refractivity contribution >= 4 is 35.0 Å². The Morgan fingerprint density at radius 2 is 1.78 bits per heavy atom. The summed E-state index contributed by atoms with van der Waals surface area (Å²) in [5.74, 6) is 0.162. The SMILES string of the molecule is CC(=O)Nc1cccc(NC(=O)CSc2nnc(-c3cccc(C)c3)o2)c1. The van der Waals surface area contributed by atoms with Gasteiger partial charge < -0.3 is 15.1 Å². The third kappa shape index (κ3) is 5.42. The molecule has 0 aliphatic rings. The van der Waals surface area contributed by atoms with Crippen LogP contribution in [0, 0.1) is 6.92 Å². The van der Waals surface area contributed by atoms with Crippen LogP contribution in [0.5, 0.6) is 0 Å². The summed E-state index contributed by atoms with van der Waals surface area (Å²) in [5, 5.41) is 13.8. The highest BCUT2D eigenvalue weighted by atomic mass is 32.2. The number of hydrogen-bond donors (Lipinski definition) is 2. The number of hydrogen-bond acceptors (Lipinski definition) is 6. The number of nitrogens with zero attached hydrogens (tertiary/aromatic N) is 2. The lowest BCUT2D eigenvalue weighted by molar-refractivity contribution is -0.114. The molecular weight excluding hydrogens is 364 g/mol. The molecule has 0 bridgehead atoms. The molecule has 2 N–H and O–H groups in total. The number of aromatic nitrogens is 2. The Balaban J connectivity index is 1.56. The Morgan fingerprint density at radius 1 is 1.04 bits per heavy atom. The molecule has 0 atom stereocenters. The van der Waals surface area contributed by atoms with Crippen LogP contribution < -0.4 is 10.6 Å². The Bertz CT molecular complexity index is 971. The lowest BCUT2D eigenvalue weighted by atomic mass is 10.1. The Hall–Kier alpha value is -3.13. The lowest BCUT2D eigenvalue weighted by Crippen LogP contribution is -2.14. The van der Waals surface area contributed by atoms with Gasteiger partial charge in [0, 0.05) is 23.9 Å². The zero-order valence-electron chi connectivity index (χ0n) is 14.9. The molecule has 7 nitrogen and oxygen atoms in total. The third-order valence-electron chi connectivity index (χ3n) is 3.46. The van der Waals surface area contributed by atoms with E-state index in [4.69, 9.17) is 4.42 Å². The second-order valence-corrected chi connectivity index (χ2v) is 6.77. The van der Waals surface area contributed by atoms with Crippen molar-refractivity contribution in [3.8, 4) is 11.5 Å². The maximum absolute atomic E-state index is 12.1. The fourth-order valence-electron chi connectivity index (χ4n) is 2.37. The van der Waals surface area contributed by atoms with E-state index in [-0.39, 0.29) is 17.6 Å². The van der Waals surface area contributed by atoms with Gasteiger partial charge in [-0.05, 0) is 37.3 Å². The molecule has 0 aliphatic carbocycles. The predicted molar refractivity (Wildman–Crippen MR) is 105 cm³/mol. The first-order valence-electron chi connectivity index (χ1n) is 8.20. The van der Waals surface area contributed by atoms with E-state index in [0.717, 1.165) is 22.9 Å². The lowest BCUT2D eigenvalue weighted by Gasteiger charge is -2.07. The molecule has 1 aromatic heterocycles. The molecule has 0 spiro atoms. The van der Waals surface area contributed by atoms with Gasteiger partial charge in [0.25, 0.3) is 5.22 Å². The van der Waals surface area contributed by atoms with Gasteiger partial charge in [0.1, 0.15) is 0 Å². The Morgan fingerprint density at radius 3 is 2.52 bits per heavy atom. The smallest absolute Gasteiger partial charge is 0.277 e. The van der Waals surface area contributed by atoms with Crippen molar-refractivity contribution in [2.45, 2.75) is 19.1 Å². The summed E-state index contributed by atoms with van der Waals surface area (Å²) in [7, 11) is 0. The molecule has 2 aromatic carbocycles. The van der Waals surface area contributed by atoms with Crippen molar-refractivity contribution < 1.29 is 14.0 Å². The molecule has 3 rings (SSSR count). The number of benzene rings is 2. The average Bonchev–Trinajstić information content (AvgIpc) is 3.09. The van der Waals surface area contributed by atoms with Crippen LogP contribution in [0.15, 0.2) is 58.2 Å². The molecule has 1 heterocycles. The average molecular weight is 382 g/mol. The van der Waals surface area contributed by atoms with Gasteiger partial charge in [-0.3, -0.25) is 9.59 Å². The monoisotopic (exact) mass is 382 g/mol.